The number of benzene rings is 1. The molecule has 2 fully saturated rings. The first-order chi connectivity index (χ1) is 16.6. The zero-order valence-corrected chi connectivity index (χ0v) is 18.3. The van der Waals surface area contributed by atoms with Crippen LogP contribution in [0.15, 0.2) is 48.3 Å². The van der Waals surface area contributed by atoms with Crippen LogP contribution in [0.2, 0.25) is 0 Å². The van der Waals surface area contributed by atoms with Crippen LogP contribution in [0.1, 0.15) is 16.8 Å². The molecule has 0 bridgehead atoms. The fourth-order valence-corrected chi connectivity index (χ4v) is 4.55. The number of aliphatic hydroxyl groups is 4. The van der Waals surface area contributed by atoms with Gasteiger partial charge in [0.25, 0.3) is 0 Å². The monoisotopic (exact) mass is 494 g/mol. The van der Waals surface area contributed by atoms with E-state index < -0.39 is 73.5 Å². The molecule has 0 unspecified atom stereocenters. The molecule has 9 atom stereocenters. The molecule has 0 spiro atoms. The first-order valence-corrected chi connectivity index (χ1v) is 10.9. The second-order valence-corrected chi connectivity index (χ2v) is 8.60. The summed E-state index contributed by atoms with van der Waals surface area (Å²) >= 11 is 0. The number of aliphatic carboxylic acids is 1. The first-order valence-electron chi connectivity index (χ1n) is 10.9. The van der Waals surface area contributed by atoms with Crippen molar-refractivity contribution in [3.63, 3.8) is 0 Å². The molecule has 190 valence electrons. The van der Waals surface area contributed by atoms with Crippen molar-refractivity contribution in [2.24, 2.45) is 11.8 Å². The Morgan fingerprint density at radius 1 is 1.09 bits per heavy atom. The molecule has 12 nitrogen and oxygen atoms in total. The summed E-state index contributed by atoms with van der Waals surface area (Å²) in [5.74, 6) is -3.71. The topological polar surface area (TPSA) is 192 Å². The van der Waals surface area contributed by atoms with Crippen LogP contribution in [0.4, 0.5) is 0 Å². The summed E-state index contributed by atoms with van der Waals surface area (Å²) in [5, 5.41) is 59.7. The van der Waals surface area contributed by atoms with Gasteiger partial charge in [0.05, 0.1) is 36.0 Å². The highest BCUT2D eigenvalue weighted by molar-refractivity contribution is 5.89. The van der Waals surface area contributed by atoms with Gasteiger partial charge in [-0.1, -0.05) is 6.58 Å². The molecule has 35 heavy (non-hydrogen) atoms. The van der Waals surface area contributed by atoms with Crippen LogP contribution >= 0.6 is 0 Å². The third-order valence-corrected chi connectivity index (χ3v) is 6.47. The number of phenolic OH excluding ortho intramolecular Hbond substituents is 1. The highest BCUT2D eigenvalue weighted by atomic mass is 16.8. The number of hydrogen-bond donors (Lipinski definition) is 6. The molecule has 6 N–H and O–H groups in total. The smallest absolute Gasteiger partial charge is 0.338 e. The highest BCUT2D eigenvalue weighted by Crippen LogP contribution is 2.46. The SMILES string of the molecule is C=C1[C@H]2[C@H](O[C@@H]3O[C@H](CO)[C@@H](O)[C@H](O)[C@H]3OC(=O)c3ccc(O)cc3)OC=C(C(=O)O)[C@H]2C[C@H]1O. The van der Waals surface area contributed by atoms with Gasteiger partial charge in [-0.15, -0.1) is 0 Å². The van der Waals surface area contributed by atoms with Gasteiger partial charge in [0.2, 0.25) is 12.6 Å². The van der Waals surface area contributed by atoms with E-state index in [1.165, 1.54) is 24.3 Å². The lowest BCUT2D eigenvalue weighted by Gasteiger charge is -2.43. The van der Waals surface area contributed by atoms with Gasteiger partial charge in [-0.25, -0.2) is 9.59 Å². The van der Waals surface area contributed by atoms with E-state index in [4.69, 9.17) is 18.9 Å². The molecule has 2 aliphatic heterocycles. The molecule has 1 aliphatic carbocycles. The lowest BCUT2D eigenvalue weighted by molar-refractivity contribution is -0.338. The second-order valence-electron chi connectivity index (χ2n) is 8.60. The minimum atomic E-state index is -1.73. The minimum absolute atomic E-state index is 0.0304. The van der Waals surface area contributed by atoms with Crippen LogP contribution < -0.4 is 0 Å². The van der Waals surface area contributed by atoms with Crippen molar-refractivity contribution < 1.29 is 59.2 Å². The summed E-state index contributed by atoms with van der Waals surface area (Å²) < 4.78 is 22.3. The molecule has 0 aromatic heterocycles. The molecule has 1 aromatic carbocycles. The number of ether oxygens (including phenoxy) is 4. The number of carbonyl (C=O) groups excluding carboxylic acids is 1. The van der Waals surface area contributed by atoms with Gasteiger partial charge in [-0.2, -0.15) is 0 Å². The molecule has 2 heterocycles. The molecule has 1 saturated heterocycles. The van der Waals surface area contributed by atoms with Crippen LogP contribution in [-0.2, 0) is 23.7 Å². The predicted octanol–water partition coefficient (Wildman–Crippen LogP) is -0.749. The van der Waals surface area contributed by atoms with Crippen LogP contribution in [0.5, 0.6) is 5.75 Å². The van der Waals surface area contributed by atoms with Crippen molar-refractivity contribution >= 4 is 11.9 Å². The molecule has 0 amide bonds. The number of fused-ring (bicyclic) bond motifs is 1. The van der Waals surface area contributed by atoms with Gasteiger partial charge < -0.3 is 49.6 Å². The van der Waals surface area contributed by atoms with Crippen molar-refractivity contribution in [1.82, 2.24) is 0 Å². The largest absolute Gasteiger partial charge is 0.508 e. The fourth-order valence-electron chi connectivity index (χ4n) is 4.55. The average molecular weight is 494 g/mol. The van der Waals surface area contributed by atoms with Crippen molar-refractivity contribution in [3.05, 3.63) is 53.8 Å². The zero-order chi connectivity index (χ0) is 25.4. The molecular weight excluding hydrogens is 468 g/mol. The van der Waals surface area contributed by atoms with E-state index in [0.29, 0.717) is 0 Å². The van der Waals surface area contributed by atoms with E-state index in [0.717, 1.165) is 6.26 Å². The molecule has 12 heteroatoms. The summed E-state index contributed by atoms with van der Waals surface area (Å²) in [6.07, 6.45) is -8.95. The molecule has 3 aliphatic rings. The summed E-state index contributed by atoms with van der Waals surface area (Å²) in [5.41, 5.74) is 0.235. The fraction of sp³-hybridized carbons (Fsp3) is 0.478. The Balaban J connectivity index is 1.59. The lowest BCUT2D eigenvalue weighted by atomic mass is 9.85. The Bertz CT molecular complexity index is 1000. The number of carboxylic acids is 1. The maximum atomic E-state index is 12.7. The standard InChI is InChI=1S/C23H26O12/c1-9-14(26)6-12-13(20(29)30)8-32-22(16(9)12)35-23-19(18(28)17(27)15(7-24)33-23)34-21(31)10-2-4-11(25)5-3-10/h2-5,8,12,14-19,22-28H,1,6-7H2,(H,29,30)/t12-,14-,15-,16-,17-,18+,19-,22+,23+/m1/s1. The number of carboxylic acid groups (broad SMARTS) is 1. The quantitative estimate of drug-likeness (QED) is 0.214. The van der Waals surface area contributed by atoms with Gasteiger partial charge in [0, 0.05) is 5.92 Å². The zero-order valence-electron chi connectivity index (χ0n) is 18.3. The van der Waals surface area contributed by atoms with E-state index in [1.807, 2.05) is 0 Å². The first kappa shape index (κ1) is 25.1. The van der Waals surface area contributed by atoms with Gasteiger partial charge in [0.1, 0.15) is 24.1 Å². The van der Waals surface area contributed by atoms with Crippen LogP contribution in [0.25, 0.3) is 0 Å². The lowest BCUT2D eigenvalue weighted by Crippen LogP contribution is -2.61. The number of carbonyl (C=O) groups is 2. The Morgan fingerprint density at radius 2 is 1.77 bits per heavy atom. The van der Waals surface area contributed by atoms with E-state index in [9.17, 15) is 40.2 Å². The number of aromatic hydroxyl groups is 1. The maximum absolute atomic E-state index is 12.7. The summed E-state index contributed by atoms with van der Waals surface area (Å²) in [7, 11) is 0. The second kappa shape index (κ2) is 9.93. The maximum Gasteiger partial charge on any atom is 0.338 e. The Hall–Kier alpha value is -3.00. The van der Waals surface area contributed by atoms with Gasteiger partial charge in [-0.05, 0) is 36.3 Å². The van der Waals surface area contributed by atoms with Crippen LogP contribution in [0.3, 0.4) is 0 Å². The highest BCUT2D eigenvalue weighted by Gasteiger charge is 2.53. The normalized spacial score (nSPS) is 36.6. The molecule has 4 rings (SSSR count). The van der Waals surface area contributed by atoms with Crippen molar-refractivity contribution in [2.75, 3.05) is 6.61 Å². The Labute approximate surface area is 199 Å². The summed E-state index contributed by atoms with van der Waals surface area (Å²) in [4.78, 5) is 24.3. The average Bonchev–Trinajstić information content (AvgIpc) is 3.13. The van der Waals surface area contributed by atoms with Crippen molar-refractivity contribution in [1.29, 1.82) is 0 Å². The van der Waals surface area contributed by atoms with Gasteiger partial charge >= 0.3 is 11.9 Å². The van der Waals surface area contributed by atoms with Gasteiger partial charge in [-0.3, -0.25) is 0 Å². The van der Waals surface area contributed by atoms with Crippen LogP contribution in [0, 0.1) is 11.8 Å². The third kappa shape index (κ3) is 4.76. The number of esters is 1. The molecule has 1 saturated carbocycles. The number of aliphatic hydroxyl groups excluding tert-OH is 4. The Kier molecular flexibility index (Phi) is 7.12. The van der Waals surface area contributed by atoms with Crippen molar-refractivity contribution in [2.45, 2.75) is 49.5 Å². The number of phenols is 1. The predicted molar refractivity (Wildman–Crippen MR) is 113 cm³/mol. The summed E-state index contributed by atoms with van der Waals surface area (Å²) in [6, 6.07) is 5.09. The van der Waals surface area contributed by atoms with E-state index in [1.54, 1.807) is 0 Å². The molecule has 1 aromatic rings. The number of hydrogen-bond acceptors (Lipinski definition) is 11. The third-order valence-electron chi connectivity index (χ3n) is 6.47. The molecule has 0 radical (unpaired) electrons. The van der Waals surface area contributed by atoms with E-state index in [-0.39, 0.29) is 28.9 Å². The van der Waals surface area contributed by atoms with E-state index >= 15 is 0 Å². The number of rotatable bonds is 6. The minimum Gasteiger partial charge on any atom is -0.508 e. The van der Waals surface area contributed by atoms with Crippen LogP contribution in [-0.4, -0.2) is 92.3 Å². The summed E-state index contributed by atoms with van der Waals surface area (Å²) in [6.45, 7) is 3.13. The van der Waals surface area contributed by atoms with E-state index in [2.05, 4.69) is 6.58 Å². The Morgan fingerprint density at radius 3 is 2.40 bits per heavy atom. The van der Waals surface area contributed by atoms with Crippen molar-refractivity contribution in [3.8, 4) is 5.75 Å². The molecular formula is C23H26O12. The van der Waals surface area contributed by atoms with Gasteiger partial charge in [0.15, 0.2) is 6.10 Å².